The SMILES string of the molecule is Cc1nc2ccc(C(=O)Nc3ccc4c(c3)C(=O)CCCC4)cc2n1-c1ccc(F)cc1. The lowest BCUT2D eigenvalue weighted by molar-refractivity contribution is 0.0979. The number of nitrogens with zero attached hydrogens (tertiary/aromatic N) is 2. The molecule has 1 heterocycles. The van der Waals surface area contributed by atoms with Crippen LogP contribution in [-0.4, -0.2) is 21.2 Å². The fourth-order valence-corrected chi connectivity index (χ4v) is 4.32. The van der Waals surface area contributed by atoms with Crippen LogP contribution in [0.2, 0.25) is 0 Å². The van der Waals surface area contributed by atoms with Crippen LogP contribution >= 0.6 is 0 Å². The predicted octanol–water partition coefficient (Wildman–Crippen LogP) is 5.63. The number of aryl methyl sites for hydroxylation is 2. The van der Waals surface area contributed by atoms with Crippen LogP contribution in [0.1, 0.15) is 51.4 Å². The zero-order valence-electron chi connectivity index (χ0n) is 17.7. The number of rotatable bonds is 3. The number of amides is 1. The summed E-state index contributed by atoms with van der Waals surface area (Å²) in [6.07, 6.45) is 3.34. The third-order valence-electron chi connectivity index (χ3n) is 5.94. The Morgan fingerprint density at radius 3 is 2.59 bits per heavy atom. The van der Waals surface area contributed by atoms with Gasteiger partial charge in [0.05, 0.1) is 11.0 Å². The van der Waals surface area contributed by atoms with Gasteiger partial charge >= 0.3 is 0 Å². The quantitative estimate of drug-likeness (QED) is 0.431. The second kappa shape index (κ2) is 8.04. The van der Waals surface area contributed by atoms with Crippen LogP contribution in [0.5, 0.6) is 0 Å². The van der Waals surface area contributed by atoms with Crippen LogP contribution in [0.3, 0.4) is 0 Å². The maximum absolute atomic E-state index is 13.4. The number of halogens is 1. The highest BCUT2D eigenvalue weighted by Crippen LogP contribution is 2.26. The first-order valence-electron chi connectivity index (χ1n) is 10.7. The number of imidazole rings is 1. The summed E-state index contributed by atoms with van der Waals surface area (Å²) in [6, 6.07) is 17.0. The lowest BCUT2D eigenvalue weighted by Crippen LogP contribution is -2.13. The average molecular weight is 427 g/mol. The number of fused-ring (bicyclic) bond motifs is 2. The summed E-state index contributed by atoms with van der Waals surface area (Å²) >= 11 is 0. The van der Waals surface area contributed by atoms with Gasteiger partial charge in [-0.2, -0.15) is 0 Å². The summed E-state index contributed by atoms with van der Waals surface area (Å²) in [4.78, 5) is 30.0. The highest BCUT2D eigenvalue weighted by atomic mass is 19.1. The van der Waals surface area contributed by atoms with E-state index in [0.717, 1.165) is 47.4 Å². The standard InChI is InChI=1S/C26H22FN3O2/c1-16-28-23-13-7-18(14-24(23)30(16)21-11-8-19(27)9-12-21)26(32)29-20-10-6-17-4-2-3-5-25(31)22(17)15-20/h6-15H,2-5H2,1H3,(H,29,32). The molecule has 0 saturated heterocycles. The maximum Gasteiger partial charge on any atom is 0.255 e. The molecular weight excluding hydrogens is 405 g/mol. The molecule has 4 aromatic rings. The van der Waals surface area contributed by atoms with Gasteiger partial charge in [0, 0.05) is 28.9 Å². The van der Waals surface area contributed by atoms with Crippen LogP contribution in [0, 0.1) is 12.7 Å². The number of ketones is 1. The molecule has 3 aromatic carbocycles. The van der Waals surface area contributed by atoms with E-state index in [1.807, 2.05) is 23.6 Å². The summed E-state index contributed by atoms with van der Waals surface area (Å²) in [7, 11) is 0. The van der Waals surface area contributed by atoms with Crippen molar-refractivity contribution in [3.05, 3.63) is 89.0 Å². The van der Waals surface area contributed by atoms with Gasteiger partial charge in [-0.25, -0.2) is 9.37 Å². The van der Waals surface area contributed by atoms with Crippen molar-refractivity contribution >= 4 is 28.4 Å². The highest BCUT2D eigenvalue weighted by Gasteiger charge is 2.17. The normalized spacial score (nSPS) is 13.6. The first-order valence-corrected chi connectivity index (χ1v) is 10.7. The van der Waals surface area contributed by atoms with Gasteiger partial charge in [-0.1, -0.05) is 6.07 Å². The minimum absolute atomic E-state index is 0.133. The van der Waals surface area contributed by atoms with E-state index in [1.54, 1.807) is 36.4 Å². The molecule has 0 fully saturated rings. The van der Waals surface area contributed by atoms with Crippen LogP contribution in [-0.2, 0) is 6.42 Å². The van der Waals surface area contributed by atoms with E-state index in [4.69, 9.17) is 0 Å². The molecule has 0 saturated carbocycles. The monoisotopic (exact) mass is 427 g/mol. The van der Waals surface area contributed by atoms with E-state index < -0.39 is 0 Å². The zero-order chi connectivity index (χ0) is 22.2. The van der Waals surface area contributed by atoms with Crippen LogP contribution in [0.4, 0.5) is 10.1 Å². The summed E-state index contributed by atoms with van der Waals surface area (Å²) in [5, 5.41) is 2.92. The number of hydrogen-bond donors (Lipinski definition) is 1. The maximum atomic E-state index is 13.4. The number of Topliss-reactive ketones (excluding diaryl/α,β-unsaturated/α-hetero) is 1. The van der Waals surface area contributed by atoms with E-state index >= 15 is 0 Å². The van der Waals surface area contributed by atoms with E-state index in [2.05, 4.69) is 10.3 Å². The van der Waals surface area contributed by atoms with Crippen molar-refractivity contribution in [3.63, 3.8) is 0 Å². The largest absolute Gasteiger partial charge is 0.322 e. The second-order valence-electron chi connectivity index (χ2n) is 8.13. The van der Waals surface area contributed by atoms with Crippen LogP contribution in [0.25, 0.3) is 16.7 Å². The van der Waals surface area contributed by atoms with Crippen molar-refractivity contribution < 1.29 is 14.0 Å². The molecule has 0 radical (unpaired) electrons. The van der Waals surface area contributed by atoms with Gasteiger partial charge in [0.2, 0.25) is 0 Å². The molecular formula is C26H22FN3O2. The zero-order valence-corrected chi connectivity index (χ0v) is 17.7. The third kappa shape index (κ3) is 3.68. The number of anilines is 1. The van der Waals surface area contributed by atoms with Crippen molar-refractivity contribution in [2.75, 3.05) is 5.32 Å². The van der Waals surface area contributed by atoms with Crippen molar-refractivity contribution in [1.82, 2.24) is 9.55 Å². The van der Waals surface area contributed by atoms with E-state index in [-0.39, 0.29) is 17.5 Å². The average Bonchev–Trinajstić information content (AvgIpc) is 3.01. The molecule has 0 aliphatic heterocycles. The molecule has 1 amide bonds. The first-order chi connectivity index (χ1) is 15.5. The molecule has 1 N–H and O–H groups in total. The van der Waals surface area contributed by atoms with Crippen molar-refractivity contribution in [3.8, 4) is 5.69 Å². The van der Waals surface area contributed by atoms with Crippen molar-refractivity contribution in [1.29, 1.82) is 0 Å². The first kappa shape index (κ1) is 20.1. The predicted molar refractivity (Wildman–Crippen MR) is 122 cm³/mol. The van der Waals surface area contributed by atoms with Crippen LogP contribution in [0.15, 0.2) is 60.7 Å². The molecule has 5 rings (SSSR count). The van der Waals surface area contributed by atoms with Crippen molar-refractivity contribution in [2.24, 2.45) is 0 Å². The summed E-state index contributed by atoms with van der Waals surface area (Å²) in [5.41, 5.74) is 5.12. The lowest BCUT2D eigenvalue weighted by atomic mass is 10.0. The Labute approximate surface area is 184 Å². The number of nitrogens with one attached hydrogen (secondary N) is 1. The molecule has 1 aliphatic carbocycles. The van der Waals surface area contributed by atoms with Crippen molar-refractivity contribution in [2.45, 2.75) is 32.6 Å². The Balaban J connectivity index is 1.47. The van der Waals surface area contributed by atoms with Crippen LogP contribution < -0.4 is 5.32 Å². The number of carbonyl (C=O) groups is 2. The molecule has 0 unspecified atom stereocenters. The summed E-state index contributed by atoms with van der Waals surface area (Å²) in [6.45, 7) is 1.87. The third-order valence-corrected chi connectivity index (χ3v) is 5.94. The number of benzene rings is 3. The van der Waals surface area contributed by atoms with Gasteiger partial charge in [0.1, 0.15) is 11.6 Å². The molecule has 1 aliphatic rings. The summed E-state index contributed by atoms with van der Waals surface area (Å²) < 4.78 is 15.3. The summed E-state index contributed by atoms with van der Waals surface area (Å²) in [5.74, 6) is 0.301. The Kier molecular flexibility index (Phi) is 5.05. The van der Waals surface area contributed by atoms with Gasteiger partial charge in [-0.3, -0.25) is 14.2 Å². The molecule has 6 heteroatoms. The Hall–Kier alpha value is -3.80. The Morgan fingerprint density at radius 1 is 1.00 bits per heavy atom. The fraction of sp³-hybridized carbons (Fsp3) is 0.192. The Bertz CT molecular complexity index is 1360. The molecule has 0 spiro atoms. The number of carbonyl (C=O) groups excluding carboxylic acids is 2. The smallest absolute Gasteiger partial charge is 0.255 e. The fourth-order valence-electron chi connectivity index (χ4n) is 4.32. The minimum atomic E-state index is -0.310. The lowest BCUT2D eigenvalue weighted by Gasteiger charge is -2.11. The molecule has 0 atom stereocenters. The highest BCUT2D eigenvalue weighted by molar-refractivity contribution is 6.07. The van der Waals surface area contributed by atoms with Gasteiger partial charge in [0.15, 0.2) is 5.78 Å². The van der Waals surface area contributed by atoms with Gasteiger partial charge in [0.25, 0.3) is 5.91 Å². The van der Waals surface area contributed by atoms with E-state index in [9.17, 15) is 14.0 Å². The van der Waals surface area contributed by atoms with E-state index in [0.29, 0.717) is 23.2 Å². The Morgan fingerprint density at radius 2 is 1.78 bits per heavy atom. The minimum Gasteiger partial charge on any atom is -0.322 e. The molecule has 5 nitrogen and oxygen atoms in total. The topological polar surface area (TPSA) is 64.0 Å². The molecule has 32 heavy (non-hydrogen) atoms. The second-order valence-corrected chi connectivity index (χ2v) is 8.13. The molecule has 0 bridgehead atoms. The van der Waals surface area contributed by atoms with E-state index in [1.165, 1.54) is 12.1 Å². The number of hydrogen-bond acceptors (Lipinski definition) is 3. The van der Waals surface area contributed by atoms with Gasteiger partial charge in [-0.05, 0) is 86.3 Å². The molecule has 160 valence electrons. The number of aromatic nitrogens is 2. The molecule has 1 aromatic heterocycles. The van der Waals surface area contributed by atoms with Gasteiger partial charge in [-0.15, -0.1) is 0 Å². The van der Waals surface area contributed by atoms with Gasteiger partial charge < -0.3 is 5.32 Å².